The summed E-state index contributed by atoms with van der Waals surface area (Å²) in [4.78, 5) is 0. The Morgan fingerprint density at radius 3 is 2.33 bits per heavy atom. The van der Waals surface area contributed by atoms with Crippen molar-refractivity contribution in [3.8, 4) is 11.4 Å². The van der Waals surface area contributed by atoms with Crippen molar-refractivity contribution >= 4 is 11.9 Å². The summed E-state index contributed by atoms with van der Waals surface area (Å²) in [6.07, 6.45) is 1.80. The van der Waals surface area contributed by atoms with Gasteiger partial charge < -0.3 is 9.30 Å². The summed E-state index contributed by atoms with van der Waals surface area (Å²) in [7, 11) is 1.65. The lowest BCUT2D eigenvalue weighted by Gasteiger charge is -2.09. The number of aryl methyl sites for hydroxylation is 2. The lowest BCUT2D eigenvalue weighted by atomic mass is 10.2. The van der Waals surface area contributed by atoms with E-state index in [9.17, 15) is 0 Å². The van der Waals surface area contributed by atoms with Crippen LogP contribution in [0.5, 0.6) is 5.75 Å². The third kappa shape index (κ3) is 3.49. The summed E-state index contributed by atoms with van der Waals surface area (Å²) in [5.74, 6) is 0.803. The molecular weight excluding hydrogens is 298 g/mol. The molecule has 1 heterocycles. The first-order valence-corrected chi connectivity index (χ1v) is 7.86. The lowest BCUT2D eigenvalue weighted by molar-refractivity contribution is 0.415. The minimum Gasteiger partial charge on any atom is -0.497 e. The van der Waals surface area contributed by atoms with E-state index in [1.807, 2.05) is 24.3 Å². The first kappa shape index (κ1) is 15.9. The number of aromatic nitrogens is 1. The summed E-state index contributed by atoms with van der Waals surface area (Å²) >= 11 is 0. The molecule has 1 N–H and O–H groups in total. The van der Waals surface area contributed by atoms with Crippen LogP contribution in [0, 0.1) is 13.8 Å². The number of hydrogen-bond acceptors (Lipinski definition) is 3. The number of hydrogen-bond donors (Lipinski definition) is 1. The van der Waals surface area contributed by atoms with Crippen LogP contribution in [-0.4, -0.2) is 17.9 Å². The molecule has 3 rings (SSSR count). The summed E-state index contributed by atoms with van der Waals surface area (Å²) in [6, 6.07) is 20.3. The fourth-order valence-corrected chi connectivity index (χ4v) is 2.66. The molecule has 4 nitrogen and oxygen atoms in total. The molecule has 0 aliphatic carbocycles. The first-order chi connectivity index (χ1) is 11.7. The second kappa shape index (κ2) is 7.04. The Balaban J connectivity index is 1.70. The molecule has 0 saturated carbocycles. The van der Waals surface area contributed by atoms with Crippen molar-refractivity contribution in [1.29, 1.82) is 0 Å². The number of anilines is 1. The SMILES string of the molecule is COc1cccc(N/N=C/c2ccc(-n3c(C)ccc3C)cc2)c1. The highest BCUT2D eigenvalue weighted by atomic mass is 16.5. The third-order valence-corrected chi connectivity index (χ3v) is 3.90. The van der Waals surface area contributed by atoms with Crippen LogP contribution in [0.1, 0.15) is 17.0 Å². The molecule has 0 unspecified atom stereocenters. The van der Waals surface area contributed by atoms with E-state index in [1.54, 1.807) is 13.3 Å². The van der Waals surface area contributed by atoms with Crippen LogP contribution in [0.15, 0.2) is 65.8 Å². The summed E-state index contributed by atoms with van der Waals surface area (Å²) in [5.41, 5.74) is 8.56. The van der Waals surface area contributed by atoms with E-state index in [2.05, 4.69) is 65.3 Å². The van der Waals surface area contributed by atoms with Crippen LogP contribution in [0.4, 0.5) is 5.69 Å². The van der Waals surface area contributed by atoms with Crippen LogP contribution in [-0.2, 0) is 0 Å². The zero-order chi connectivity index (χ0) is 16.9. The molecule has 0 aliphatic rings. The van der Waals surface area contributed by atoms with Crippen LogP contribution < -0.4 is 10.2 Å². The van der Waals surface area contributed by atoms with Gasteiger partial charge in [0, 0.05) is 23.1 Å². The van der Waals surface area contributed by atoms with Crippen LogP contribution in [0.2, 0.25) is 0 Å². The molecule has 0 radical (unpaired) electrons. The molecule has 1 aromatic heterocycles. The van der Waals surface area contributed by atoms with Gasteiger partial charge >= 0.3 is 0 Å². The monoisotopic (exact) mass is 319 g/mol. The normalized spacial score (nSPS) is 11.0. The topological polar surface area (TPSA) is 38.5 Å². The maximum Gasteiger partial charge on any atom is 0.120 e. The van der Waals surface area contributed by atoms with Crippen molar-refractivity contribution in [3.05, 3.63) is 77.6 Å². The van der Waals surface area contributed by atoms with Gasteiger partial charge in [0.05, 0.1) is 19.0 Å². The molecule has 24 heavy (non-hydrogen) atoms. The van der Waals surface area contributed by atoms with Gasteiger partial charge in [0.15, 0.2) is 0 Å². The molecule has 2 aromatic carbocycles. The molecule has 4 heteroatoms. The second-order valence-corrected chi connectivity index (χ2v) is 5.64. The smallest absolute Gasteiger partial charge is 0.120 e. The van der Waals surface area contributed by atoms with E-state index in [1.165, 1.54) is 11.4 Å². The minimum atomic E-state index is 0.803. The van der Waals surface area contributed by atoms with Crippen molar-refractivity contribution in [3.63, 3.8) is 0 Å². The highest BCUT2D eigenvalue weighted by molar-refractivity contribution is 5.80. The van der Waals surface area contributed by atoms with Crippen LogP contribution in [0.3, 0.4) is 0 Å². The zero-order valence-corrected chi connectivity index (χ0v) is 14.2. The molecule has 0 saturated heterocycles. The molecule has 0 bridgehead atoms. The fourth-order valence-electron chi connectivity index (χ4n) is 2.66. The van der Waals surface area contributed by atoms with E-state index in [0.717, 1.165) is 22.7 Å². The lowest BCUT2D eigenvalue weighted by Crippen LogP contribution is -1.98. The zero-order valence-electron chi connectivity index (χ0n) is 14.2. The maximum absolute atomic E-state index is 5.19. The third-order valence-electron chi connectivity index (χ3n) is 3.90. The van der Waals surface area contributed by atoms with Crippen molar-refractivity contribution in [2.24, 2.45) is 5.10 Å². The predicted molar refractivity (Wildman–Crippen MR) is 99.5 cm³/mol. The standard InChI is InChI=1S/C20H21N3O/c1-15-7-8-16(2)23(15)19-11-9-17(10-12-19)14-21-22-18-5-4-6-20(13-18)24-3/h4-14,22H,1-3H3/b21-14+. The average Bonchev–Trinajstić information content (AvgIpc) is 2.94. The maximum atomic E-state index is 5.19. The Kier molecular flexibility index (Phi) is 4.66. The van der Waals surface area contributed by atoms with Gasteiger partial charge in [-0.05, 0) is 55.8 Å². The Bertz CT molecular complexity index is 828. The van der Waals surface area contributed by atoms with E-state index in [4.69, 9.17) is 4.74 Å². The fraction of sp³-hybridized carbons (Fsp3) is 0.150. The van der Waals surface area contributed by atoms with Crippen molar-refractivity contribution in [1.82, 2.24) is 4.57 Å². The van der Waals surface area contributed by atoms with Gasteiger partial charge in [0.2, 0.25) is 0 Å². The number of nitrogens with one attached hydrogen (secondary N) is 1. The molecule has 0 atom stereocenters. The van der Waals surface area contributed by atoms with Crippen molar-refractivity contribution < 1.29 is 4.74 Å². The molecule has 0 amide bonds. The highest BCUT2D eigenvalue weighted by Crippen LogP contribution is 2.17. The van der Waals surface area contributed by atoms with Gasteiger partial charge in [-0.1, -0.05) is 18.2 Å². The molecule has 0 fully saturated rings. The van der Waals surface area contributed by atoms with Gasteiger partial charge in [0.1, 0.15) is 5.75 Å². The van der Waals surface area contributed by atoms with Gasteiger partial charge in [-0.15, -0.1) is 0 Å². The van der Waals surface area contributed by atoms with E-state index >= 15 is 0 Å². The minimum absolute atomic E-state index is 0.803. The molecule has 3 aromatic rings. The van der Waals surface area contributed by atoms with Crippen molar-refractivity contribution in [2.75, 3.05) is 12.5 Å². The van der Waals surface area contributed by atoms with Crippen LogP contribution >= 0.6 is 0 Å². The summed E-state index contributed by atoms with van der Waals surface area (Å²) < 4.78 is 7.42. The van der Waals surface area contributed by atoms with Gasteiger partial charge in [-0.25, -0.2) is 0 Å². The predicted octanol–water partition coefficient (Wildman–Crippen LogP) is 4.55. The Labute approximate surface area is 142 Å². The second-order valence-electron chi connectivity index (χ2n) is 5.64. The quantitative estimate of drug-likeness (QED) is 0.553. The number of rotatable bonds is 5. The summed E-state index contributed by atoms with van der Waals surface area (Å²) in [6.45, 7) is 4.22. The largest absolute Gasteiger partial charge is 0.497 e. The van der Waals surface area contributed by atoms with E-state index in [0.29, 0.717) is 0 Å². The Morgan fingerprint density at radius 1 is 0.958 bits per heavy atom. The Hall–Kier alpha value is -3.01. The van der Waals surface area contributed by atoms with Crippen molar-refractivity contribution in [2.45, 2.75) is 13.8 Å². The van der Waals surface area contributed by atoms with Gasteiger partial charge in [0.25, 0.3) is 0 Å². The molecule has 122 valence electrons. The number of methoxy groups -OCH3 is 1. The molecular formula is C20H21N3O. The Morgan fingerprint density at radius 2 is 1.67 bits per heavy atom. The number of nitrogens with zero attached hydrogens (tertiary/aromatic N) is 2. The van der Waals surface area contributed by atoms with Crippen LogP contribution in [0.25, 0.3) is 5.69 Å². The molecule has 0 aliphatic heterocycles. The van der Waals surface area contributed by atoms with E-state index in [-0.39, 0.29) is 0 Å². The average molecular weight is 319 g/mol. The number of hydrazone groups is 1. The molecule has 0 spiro atoms. The first-order valence-electron chi connectivity index (χ1n) is 7.86. The van der Waals surface area contributed by atoms with Gasteiger partial charge in [-0.3, -0.25) is 5.43 Å². The number of benzene rings is 2. The summed E-state index contributed by atoms with van der Waals surface area (Å²) in [5, 5.41) is 4.28. The highest BCUT2D eigenvalue weighted by Gasteiger charge is 2.03. The van der Waals surface area contributed by atoms with Gasteiger partial charge in [-0.2, -0.15) is 5.10 Å². The van der Waals surface area contributed by atoms with E-state index < -0.39 is 0 Å². The number of ether oxygens (including phenoxy) is 1.